The molecule has 3 nitrogen and oxygen atoms in total. The zero-order valence-corrected chi connectivity index (χ0v) is 9.54. The predicted molar refractivity (Wildman–Crippen MR) is 57.6 cm³/mol. The highest BCUT2D eigenvalue weighted by atomic mass is 35.5. The van der Waals surface area contributed by atoms with E-state index in [1.807, 2.05) is 6.92 Å². The largest absolute Gasteiger partial charge is 0.483 e. The van der Waals surface area contributed by atoms with Crippen LogP contribution < -0.4 is 5.32 Å². The summed E-state index contributed by atoms with van der Waals surface area (Å²) in [7, 11) is 3.36. The molecule has 0 heterocycles. The fraction of sp³-hybridized carbons (Fsp3) is 0.625. The van der Waals surface area contributed by atoms with Gasteiger partial charge in [0.2, 0.25) is 5.90 Å². The summed E-state index contributed by atoms with van der Waals surface area (Å²) in [5.74, 6) is 0.913. The molecule has 0 bridgehead atoms. The van der Waals surface area contributed by atoms with Crippen molar-refractivity contribution in [1.82, 2.24) is 5.32 Å². The number of aliphatic imine (C=N–C) groups is 1. The van der Waals surface area contributed by atoms with Crippen LogP contribution in [0.15, 0.2) is 15.7 Å². The van der Waals surface area contributed by atoms with Gasteiger partial charge in [0.05, 0.1) is 13.7 Å². The van der Waals surface area contributed by atoms with Crippen LogP contribution in [0.5, 0.6) is 0 Å². The molecule has 5 heteroatoms. The normalized spacial score (nSPS) is 14.1. The van der Waals surface area contributed by atoms with Gasteiger partial charge < -0.3 is 10.1 Å². The average Bonchev–Trinajstić information content (AvgIpc) is 2.15. The molecule has 0 spiro atoms. The van der Waals surface area contributed by atoms with Crippen LogP contribution in [-0.2, 0) is 4.74 Å². The van der Waals surface area contributed by atoms with Crippen LogP contribution in [0.2, 0.25) is 0 Å². The summed E-state index contributed by atoms with van der Waals surface area (Å²) in [5, 5.41) is 3.30. The molecule has 0 rings (SSSR count). The minimum atomic E-state index is 0.374. The monoisotopic (exact) mass is 224 g/mol. The van der Waals surface area contributed by atoms with Crippen molar-refractivity contribution >= 4 is 29.1 Å². The number of nitrogens with one attached hydrogen (secondary N) is 1. The molecule has 0 aromatic carbocycles. The molecule has 0 aliphatic carbocycles. The van der Waals surface area contributed by atoms with E-state index < -0.39 is 0 Å². The molecule has 0 radical (unpaired) electrons. The highest BCUT2D eigenvalue weighted by Crippen LogP contribution is 2.12. The fourth-order valence-corrected chi connectivity index (χ4v) is 0.925. The molecule has 0 fully saturated rings. The van der Waals surface area contributed by atoms with Gasteiger partial charge in [-0.25, -0.2) is 4.99 Å². The van der Waals surface area contributed by atoms with Crippen molar-refractivity contribution in [1.29, 1.82) is 0 Å². The van der Waals surface area contributed by atoms with Crippen molar-refractivity contribution in [2.24, 2.45) is 4.99 Å². The highest BCUT2D eigenvalue weighted by molar-refractivity contribution is 6.31. The lowest BCUT2D eigenvalue weighted by Gasteiger charge is -2.04. The van der Waals surface area contributed by atoms with Crippen LogP contribution in [-0.4, -0.2) is 32.5 Å². The number of likely N-dealkylation sites (N-methyl/N-ethyl adjacent to an activating group) is 1. The second-order valence-electron chi connectivity index (χ2n) is 2.44. The Balaban J connectivity index is 4.49. The molecule has 0 saturated heterocycles. The summed E-state index contributed by atoms with van der Waals surface area (Å²) in [4.78, 5) is 4.05. The first-order valence-corrected chi connectivity index (χ1v) is 4.74. The first kappa shape index (κ1) is 12.8. The third-order valence-electron chi connectivity index (χ3n) is 1.34. The molecule has 0 amide bonds. The summed E-state index contributed by atoms with van der Waals surface area (Å²) in [6, 6.07) is 0. The van der Waals surface area contributed by atoms with E-state index in [1.165, 1.54) is 0 Å². The third-order valence-corrected chi connectivity index (χ3v) is 2.15. The van der Waals surface area contributed by atoms with E-state index >= 15 is 0 Å². The molecule has 0 aliphatic rings. The number of hydrogen-bond donors (Lipinski definition) is 1. The second-order valence-corrected chi connectivity index (χ2v) is 3.07. The first-order valence-electron chi connectivity index (χ1n) is 3.83. The highest BCUT2D eigenvalue weighted by Gasteiger charge is 2.00. The third kappa shape index (κ3) is 5.13. The minimum Gasteiger partial charge on any atom is -0.483 e. The summed E-state index contributed by atoms with van der Waals surface area (Å²) in [6.07, 6.45) is 0. The molecular formula is C8H14Cl2N2O. The SMILES string of the molecule is CNC/C(=N\C(Cl)=C(\C)CCl)OC. The van der Waals surface area contributed by atoms with E-state index in [1.54, 1.807) is 14.2 Å². The van der Waals surface area contributed by atoms with Crippen LogP contribution in [0.3, 0.4) is 0 Å². The van der Waals surface area contributed by atoms with Crippen molar-refractivity contribution in [3.63, 3.8) is 0 Å². The van der Waals surface area contributed by atoms with Gasteiger partial charge in [0.1, 0.15) is 5.16 Å². The maximum absolute atomic E-state index is 5.84. The molecular weight excluding hydrogens is 211 g/mol. The number of hydrogen-bond acceptors (Lipinski definition) is 3. The Kier molecular flexibility index (Phi) is 7.04. The number of rotatable bonds is 4. The molecule has 0 atom stereocenters. The lowest BCUT2D eigenvalue weighted by Crippen LogP contribution is -2.20. The Labute approximate surface area is 88.8 Å². The van der Waals surface area contributed by atoms with Crippen LogP contribution in [0.1, 0.15) is 6.92 Å². The van der Waals surface area contributed by atoms with Crippen LogP contribution in [0.25, 0.3) is 0 Å². The molecule has 1 N–H and O–H groups in total. The lowest BCUT2D eigenvalue weighted by molar-refractivity contribution is 0.392. The Morgan fingerprint density at radius 1 is 1.54 bits per heavy atom. The molecule has 0 saturated carbocycles. The Bertz CT molecular complexity index is 214. The van der Waals surface area contributed by atoms with Gasteiger partial charge in [0.15, 0.2) is 0 Å². The van der Waals surface area contributed by atoms with Crippen LogP contribution in [0, 0.1) is 0 Å². The van der Waals surface area contributed by atoms with Gasteiger partial charge in [0.25, 0.3) is 0 Å². The van der Waals surface area contributed by atoms with Crippen molar-refractivity contribution < 1.29 is 4.74 Å². The second kappa shape index (κ2) is 7.18. The number of allylic oxidation sites excluding steroid dienone is 1. The van der Waals surface area contributed by atoms with E-state index in [-0.39, 0.29) is 0 Å². The van der Waals surface area contributed by atoms with Crippen molar-refractivity contribution in [2.45, 2.75) is 6.92 Å². The minimum absolute atomic E-state index is 0.374. The summed E-state index contributed by atoms with van der Waals surface area (Å²) in [5.41, 5.74) is 0.828. The number of nitrogens with zero attached hydrogens (tertiary/aromatic N) is 1. The van der Waals surface area contributed by atoms with E-state index in [0.29, 0.717) is 23.5 Å². The molecule has 0 unspecified atom stereocenters. The Morgan fingerprint density at radius 3 is 2.54 bits per heavy atom. The average molecular weight is 225 g/mol. The molecule has 0 aliphatic heterocycles. The topological polar surface area (TPSA) is 33.6 Å². The van der Waals surface area contributed by atoms with Crippen LogP contribution in [0.4, 0.5) is 0 Å². The van der Waals surface area contributed by atoms with E-state index in [4.69, 9.17) is 27.9 Å². The quantitative estimate of drug-likeness (QED) is 0.343. The zero-order chi connectivity index (χ0) is 10.3. The lowest BCUT2D eigenvalue weighted by atomic mass is 10.4. The molecule has 0 aromatic heterocycles. The molecule has 76 valence electrons. The Hall–Kier alpha value is -0.250. The molecule has 0 aromatic rings. The van der Waals surface area contributed by atoms with Crippen LogP contribution >= 0.6 is 23.2 Å². The van der Waals surface area contributed by atoms with Gasteiger partial charge in [0, 0.05) is 5.88 Å². The predicted octanol–water partition coefficient (Wildman–Crippen LogP) is 1.96. The number of methoxy groups -OCH3 is 1. The summed E-state index contributed by atoms with van der Waals surface area (Å²) >= 11 is 11.4. The van der Waals surface area contributed by atoms with E-state index in [9.17, 15) is 0 Å². The standard InChI is InChI=1S/C8H14Cl2N2O/c1-6(4-9)8(10)12-7(13-3)5-11-2/h11H,4-5H2,1-3H3/b8-6-,12-7+. The van der Waals surface area contributed by atoms with Gasteiger partial charge in [-0.1, -0.05) is 11.6 Å². The van der Waals surface area contributed by atoms with Crippen molar-refractivity contribution in [2.75, 3.05) is 26.6 Å². The molecule has 13 heavy (non-hydrogen) atoms. The zero-order valence-electron chi connectivity index (χ0n) is 8.03. The number of halogens is 2. The first-order chi connectivity index (χ1) is 6.15. The smallest absolute Gasteiger partial charge is 0.203 e. The number of alkyl halides is 1. The fourth-order valence-electron chi connectivity index (χ4n) is 0.569. The van der Waals surface area contributed by atoms with E-state index in [2.05, 4.69) is 10.3 Å². The van der Waals surface area contributed by atoms with Gasteiger partial charge in [-0.15, -0.1) is 11.6 Å². The summed E-state index contributed by atoms with van der Waals surface area (Å²) in [6.45, 7) is 2.37. The summed E-state index contributed by atoms with van der Waals surface area (Å²) < 4.78 is 4.98. The van der Waals surface area contributed by atoms with Gasteiger partial charge in [-0.2, -0.15) is 0 Å². The van der Waals surface area contributed by atoms with Crippen molar-refractivity contribution in [3.8, 4) is 0 Å². The maximum atomic E-state index is 5.84. The maximum Gasteiger partial charge on any atom is 0.203 e. The van der Waals surface area contributed by atoms with Gasteiger partial charge in [-0.05, 0) is 19.5 Å². The Morgan fingerprint density at radius 2 is 2.15 bits per heavy atom. The van der Waals surface area contributed by atoms with Gasteiger partial charge >= 0.3 is 0 Å². The van der Waals surface area contributed by atoms with Gasteiger partial charge in [-0.3, -0.25) is 0 Å². The van der Waals surface area contributed by atoms with Crippen molar-refractivity contribution in [3.05, 3.63) is 10.7 Å². The number of ether oxygens (including phenoxy) is 1. The van der Waals surface area contributed by atoms with E-state index in [0.717, 1.165) is 5.57 Å².